The lowest BCUT2D eigenvalue weighted by Crippen LogP contribution is -2.51. The molecule has 1 aliphatic rings. The van der Waals surface area contributed by atoms with Crippen molar-refractivity contribution in [3.63, 3.8) is 0 Å². The molecule has 1 amide bonds. The number of hydrogen-bond acceptors (Lipinski definition) is 5. The van der Waals surface area contributed by atoms with Gasteiger partial charge in [0.1, 0.15) is 0 Å². The molecule has 1 fully saturated rings. The number of anilines is 1. The maximum absolute atomic E-state index is 12.3. The number of piperazine rings is 1. The molecule has 1 aromatic heterocycles. The van der Waals surface area contributed by atoms with Crippen molar-refractivity contribution in [3.8, 4) is 0 Å². The van der Waals surface area contributed by atoms with Crippen molar-refractivity contribution < 1.29 is 4.79 Å². The first-order valence-electron chi connectivity index (χ1n) is 8.87. The van der Waals surface area contributed by atoms with Crippen LogP contribution in [-0.2, 0) is 11.2 Å². The molecule has 2 aromatic rings. The van der Waals surface area contributed by atoms with E-state index >= 15 is 0 Å². The smallest absolute Gasteiger partial charge is 0.236 e. The number of aromatic nitrogens is 2. The fourth-order valence-corrected chi connectivity index (χ4v) is 2.98. The van der Waals surface area contributed by atoms with Gasteiger partial charge >= 0.3 is 0 Å². The second kappa shape index (κ2) is 9.13. The lowest BCUT2D eigenvalue weighted by molar-refractivity contribution is -0.130. The zero-order valence-corrected chi connectivity index (χ0v) is 14.5. The van der Waals surface area contributed by atoms with Crippen molar-refractivity contribution in [3.05, 3.63) is 54.4 Å². The summed E-state index contributed by atoms with van der Waals surface area (Å²) in [7, 11) is 0. The quantitative estimate of drug-likeness (QED) is 0.772. The Bertz CT molecular complexity index is 641. The number of rotatable bonds is 7. The van der Waals surface area contributed by atoms with E-state index in [-0.39, 0.29) is 5.91 Å². The molecule has 1 saturated heterocycles. The Hall–Kier alpha value is -2.47. The highest BCUT2D eigenvalue weighted by Crippen LogP contribution is 2.09. The van der Waals surface area contributed by atoms with E-state index in [1.54, 1.807) is 12.4 Å². The van der Waals surface area contributed by atoms with Gasteiger partial charge in [0.2, 0.25) is 11.9 Å². The number of nitrogens with one attached hydrogen (secondary N) is 1. The summed E-state index contributed by atoms with van der Waals surface area (Å²) in [5.41, 5.74) is 1.34. The summed E-state index contributed by atoms with van der Waals surface area (Å²) in [6.45, 7) is 4.29. The molecular weight excluding hydrogens is 314 g/mol. The summed E-state index contributed by atoms with van der Waals surface area (Å²) < 4.78 is 0. The number of nitrogens with zero attached hydrogens (tertiary/aromatic N) is 4. The van der Waals surface area contributed by atoms with Crippen molar-refractivity contribution in [2.45, 2.75) is 12.8 Å². The molecule has 2 heterocycles. The van der Waals surface area contributed by atoms with E-state index in [1.165, 1.54) is 5.56 Å². The SMILES string of the molecule is O=C(CNCCCc1ccccc1)N1CCN(c2ncccn2)CC1. The van der Waals surface area contributed by atoms with E-state index in [4.69, 9.17) is 0 Å². The topological polar surface area (TPSA) is 61.4 Å². The van der Waals surface area contributed by atoms with Crippen LogP contribution in [0.3, 0.4) is 0 Å². The van der Waals surface area contributed by atoms with Gasteiger partial charge in [-0.05, 0) is 31.0 Å². The van der Waals surface area contributed by atoms with Crippen LogP contribution >= 0.6 is 0 Å². The summed E-state index contributed by atoms with van der Waals surface area (Å²) in [6, 6.07) is 12.2. The van der Waals surface area contributed by atoms with Crippen LogP contribution in [0, 0.1) is 0 Å². The lowest BCUT2D eigenvalue weighted by atomic mass is 10.1. The first-order chi connectivity index (χ1) is 12.3. The molecule has 1 N–H and O–H groups in total. The summed E-state index contributed by atoms with van der Waals surface area (Å²) in [6.07, 6.45) is 5.58. The Labute approximate surface area is 148 Å². The van der Waals surface area contributed by atoms with Crippen LogP contribution in [-0.4, -0.2) is 60.0 Å². The van der Waals surface area contributed by atoms with E-state index in [9.17, 15) is 4.79 Å². The molecule has 0 aliphatic carbocycles. The molecule has 132 valence electrons. The number of carbonyl (C=O) groups excluding carboxylic acids is 1. The van der Waals surface area contributed by atoms with Crippen LogP contribution in [0.2, 0.25) is 0 Å². The predicted molar refractivity (Wildman–Crippen MR) is 98.5 cm³/mol. The summed E-state index contributed by atoms with van der Waals surface area (Å²) >= 11 is 0. The van der Waals surface area contributed by atoms with Crippen molar-refractivity contribution in [2.75, 3.05) is 44.2 Å². The standard InChI is InChI=1S/C19H25N5O/c25-18(16-20-9-4-8-17-6-2-1-3-7-17)23-12-14-24(15-13-23)19-21-10-5-11-22-19/h1-3,5-7,10-11,20H,4,8-9,12-16H2. The molecule has 0 bridgehead atoms. The Morgan fingerprint density at radius 3 is 2.44 bits per heavy atom. The molecule has 0 radical (unpaired) electrons. The number of aryl methyl sites for hydroxylation is 1. The fraction of sp³-hybridized carbons (Fsp3) is 0.421. The minimum Gasteiger partial charge on any atom is -0.338 e. The predicted octanol–water partition coefficient (Wildman–Crippen LogP) is 1.35. The van der Waals surface area contributed by atoms with Gasteiger partial charge in [-0.2, -0.15) is 0 Å². The van der Waals surface area contributed by atoms with Gasteiger partial charge in [0.25, 0.3) is 0 Å². The van der Waals surface area contributed by atoms with E-state index in [1.807, 2.05) is 17.0 Å². The molecular formula is C19H25N5O. The minimum absolute atomic E-state index is 0.174. The highest BCUT2D eigenvalue weighted by Gasteiger charge is 2.21. The third kappa shape index (κ3) is 5.26. The zero-order chi connectivity index (χ0) is 17.3. The van der Waals surface area contributed by atoms with E-state index in [0.717, 1.165) is 51.5 Å². The number of carbonyl (C=O) groups is 1. The average molecular weight is 339 g/mol. The van der Waals surface area contributed by atoms with E-state index in [0.29, 0.717) is 6.54 Å². The Morgan fingerprint density at radius 1 is 1.00 bits per heavy atom. The Kier molecular flexibility index (Phi) is 6.34. The zero-order valence-electron chi connectivity index (χ0n) is 14.5. The van der Waals surface area contributed by atoms with E-state index in [2.05, 4.69) is 44.5 Å². The molecule has 0 spiro atoms. The van der Waals surface area contributed by atoms with E-state index < -0.39 is 0 Å². The number of amides is 1. The highest BCUT2D eigenvalue weighted by molar-refractivity contribution is 5.78. The Balaban J connectivity index is 1.31. The van der Waals surface area contributed by atoms with Crippen molar-refractivity contribution in [2.24, 2.45) is 0 Å². The number of hydrogen-bond donors (Lipinski definition) is 1. The van der Waals surface area contributed by atoms with Crippen LogP contribution < -0.4 is 10.2 Å². The fourth-order valence-electron chi connectivity index (χ4n) is 2.98. The van der Waals surface area contributed by atoms with Crippen LogP contribution in [0.4, 0.5) is 5.95 Å². The van der Waals surface area contributed by atoms with Crippen molar-refractivity contribution >= 4 is 11.9 Å². The molecule has 0 unspecified atom stereocenters. The first-order valence-corrected chi connectivity index (χ1v) is 8.87. The molecule has 1 aromatic carbocycles. The van der Waals surface area contributed by atoms with Gasteiger partial charge in [0.05, 0.1) is 6.54 Å². The van der Waals surface area contributed by atoms with Crippen molar-refractivity contribution in [1.82, 2.24) is 20.2 Å². The molecule has 6 nitrogen and oxygen atoms in total. The summed E-state index contributed by atoms with van der Waals surface area (Å²) in [5, 5.41) is 3.27. The van der Waals surface area contributed by atoms with Gasteiger partial charge < -0.3 is 15.1 Å². The maximum atomic E-state index is 12.3. The van der Waals surface area contributed by atoms with Gasteiger partial charge in [0, 0.05) is 38.6 Å². The molecule has 3 rings (SSSR count). The summed E-state index contributed by atoms with van der Waals surface area (Å²) in [4.78, 5) is 24.9. The summed E-state index contributed by atoms with van der Waals surface area (Å²) in [5.74, 6) is 0.918. The third-order valence-electron chi connectivity index (χ3n) is 4.41. The molecule has 1 aliphatic heterocycles. The number of benzene rings is 1. The largest absolute Gasteiger partial charge is 0.338 e. The van der Waals surface area contributed by atoms with Gasteiger partial charge in [0.15, 0.2) is 0 Å². The van der Waals surface area contributed by atoms with Gasteiger partial charge in [-0.15, -0.1) is 0 Å². The monoisotopic (exact) mass is 339 g/mol. The second-order valence-electron chi connectivity index (χ2n) is 6.18. The van der Waals surface area contributed by atoms with Crippen LogP contribution in [0.25, 0.3) is 0 Å². The maximum Gasteiger partial charge on any atom is 0.236 e. The Morgan fingerprint density at radius 2 is 1.72 bits per heavy atom. The average Bonchev–Trinajstić information content (AvgIpc) is 2.69. The lowest BCUT2D eigenvalue weighted by Gasteiger charge is -2.34. The molecule has 0 atom stereocenters. The third-order valence-corrected chi connectivity index (χ3v) is 4.41. The molecule has 25 heavy (non-hydrogen) atoms. The van der Waals surface area contributed by atoms with Crippen LogP contribution in [0.15, 0.2) is 48.8 Å². The highest BCUT2D eigenvalue weighted by atomic mass is 16.2. The molecule has 6 heteroatoms. The van der Waals surface area contributed by atoms with Gasteiger partial charge in [-0.3, -0.25) is 4.79 Å². The minimum atomic E-state index is 0.174. The van der Waals surface area contributed by atoms with Gasteiger partial charge in [-0.25, -0.2) is 9.97 Å². The first kappa shape index (κ1) is 17.4. The van der Waals surface area contributed by atoms with Gasteiger partial charge in [-0.1, -0.05) is 30.3 Å². The van der Waals surface area contributed by atoms with Crippen LogP contribution in [0.1, 0.15) is 12.0 Å². The second-order valence-corrected chi connectivity index (χ2v) is 6.18. The van der Waals surface area contributed by atoms with Crippen LogP contribution in [0.5, 0.6) is 0 Å². The van der Waals surface area contributed by atoms with Crippen molar-refractivity contribution in [1.29, 1.82) is 0 Å². The normalized spacial score (nSPS) is 14.6. The molecule has 0 saturated carbocycles.